The number of benzene rings is 2. The van der Waals surface area contributed by atoms with Crippen molar-refractivity contribution in [1.29, 1.82) is 0 Å². The second kappa shape index (κ2) is 11.8. The number of guanidine groups is 1. The van der Waals surface area contributed by atoms with Crippen LogP contribution >= 0.6 is 0 Å². The van der Waals surface area contributed by atoms with Crippen LogP contribution in [0.1, 0.15) is 36.0 Å². The second-order valence-corrected chi connectivity index (χ2v) is 8.75. The van der Waals surface area contributed by atoms with E-state index in [4.69, 9.17) is 4.74 Å². The average molecular weight is 450 g/mol. The molecule has 2 aromatic carbocycles. The van der Waals surface area contributed by atoms with Gasteiger partial charge in [0.25, 0.3) is 0 Å². The van der Waals surface area contributed by atoms with Gasteiger partial charge in [-0.25, -0.2) is 0 Å². The Labute approximate surface area is 196 Å². The fourth-order valence-electron chi connectivity index (χ4n) is 4.14. The number of carbonyl (C=O) groups is 1. The third kappa shape index (κ3) is 6.79. The SMILES string of the molecule is CN=C(NCc1cccc(NC(=O)C2CCC2)c1)NCc1ccccc1CN1CCOCC1. The van der Waals surface area contributed by atoms with Crippen molar-refractivity contribution < 1.29 is 9.53 Å². The topological polar surface area (TPSA) is 78.0 Å². The molecule has 1 saturated heterocycles. The van der Waals surface area contributed by atoms with Crippen molar-refractivity contribution in [1.82, 2.24) is 15.5 Å². The van der Waals surface area contributed by atoms with Crippen molar-refractivity contribution in [2.45, 2.75) is 38.9 Å². The Bertz CT molecular complexity index is 951. The monoisotopic (exact) mass is 449 g/mol. The summed E-state index contributed by atoms with van der Waals surface area (Å²) in [5, 5.41) is 9.87. The molecule has 0 bridgehead atoms. The van der Waals surface area contributed by atoms with E-state index in [9.17, 15) is 4.79 Å². The molecule has 1 aliphatic heterocycles. The van der Waals surface area contributed by atoms with Crippen LogP contribution in [0.2, 0.25) is 0 Å². The number of morpholine rings is 1. The number of carbonyl (C=O) groups excluding carboxylic acids is 1. The fourth-order valence-corrected chi connectivity index (χ4v) is 4.14. The van der Waals surface area contributed by atoms with Crippen LogP contribution in [0.25, 0.3) is 0 Å². The van der Waals surface area contributed by atoms with E-state index in [2.05, 4.69) is 56.2 Å². The first-order chi connectivity index (χ1) is 16.2. The van der Waals surface area contributed by atoms with E-state index in [0.29, 0.717) is 13.1 Å². The van der Waals surface area contributed by atoms with Gasteiger partial charge in [0.2, 0.25) is 5.91 Å². The highest BCUT2D eigenvalue weighted by Crippen LogP contribution is 2.27. The van der Waals surface area contributed by atoms with Crippen molar-refractivity contribution >= 4 is 17.6 Å². The number of ether oxygens (including phenoxy) is 1. The van der Waals surface area contributed by atoms with Crippen LogP contribution < -0.4 is 16.0 Å². The summed E-state index contributed by atoms with van der Waals surface area (Å²) in [6, 6.07) is 16.5. The zero-order chi connectivity index (χ0) is 22.9. The summed E-state index contributed by atoms with van der Waals surface area (Å²) < 4.78 is 5.47. The quantitative estimate of drug-likeness (QED) is 0.426. The van der Waals surface area contributed by atoms with Gasteiger partial charge < -0.3 is 20.7 Å². The highest BCUT2D eigenvalue weighted by molar-refractivity contribution is 5.93. The van der Waals surface area contributed by atoms with Crippen LogP contribution in [-0.4, -0.2) is 50.1 Å². The largest absolute Gasteiger partial charge is 0.379 e. The summed E-state index contributed by atoms with van der Waals surface area (Å²) in [5.41, 5.74) is 4.55. The molecule has 1 amide bonds. The normalized spacial score (nSPS) is 17.3. The molecule has 0 atom stereocenters. The van der Waals surface area contributed by atoms with E-state index in [1.54, 1.807) is 7.05 Å². The maximum atomic E-state index is 12.2. The lowest BCUT2D eigenvalue weighted by Gasteiger charge is -2.27. The number of amides is 1. The van der Waals surface area contributed by atoms with Crippen molar-refractivity contribution in [3.63, 3.8) is 0 Å². The van der Waals surface area contributed by atoms with E-state index in [1.807, 2.05) is 18.2 Å². The molecule has 33 heavy (non-hydrogen) atoms. The number of nitrogens with zero attached hydrogens (tertiary/aromatic N) is 2. The van der Waals surface area contributed by atoms with Crippen molar-refractivity contribution in [3.05, 3.63) is 65.2 Å². The van der Waals surface area contributed by atoms with Crippen LogP contribution in [0, 0.1) is 5.92 Å². The van der Waals surface area contributed by atoms with Crippen molar-refractivity contribution in [3.8, 4) is 0 Å². The predicted molar refractivity (Wildman–Crippen MR) is 132 cm³/mol. The number of hydrogen-bond acceptors (Lipinski definition) is 4. The summed E-state index contributed by atoms with van der Waals surface area (Å²) >= 11 is 0. The highest BCUT2D eigenvalue weighted by Gasteiger charge is 2.25. The maximum Gasteiger partial charge on any atom is 0.227 e. The molecule has 1 saturated carbocycles. The molecular weight excluding hydrogens is 414 g/mol. The summed E-state index contributed by atoms with van der Waals surface area (Å²) in [6.45, 7) is 5.84. The van der Waals surface area contributed by atoms with Crippen molar-refractivity contribution in [2.24, 2.45) is 10.9 Å². The third-order valence-corrected chi connectivity index (χ3v) is 6.42. The number of nitrogens with one attached hydrogen (secondary N) is 3. The maximum absolute atomic E-state index is 12.2. The van der Waals surface area contributed by atoms with Crippen LogP contribution in [0.4, 0.5) is 5.69 Å². The van der Waals surface area contributed by atoms with Gasteiger partial charge in [-0.2, -0.15) is 0 Å². The minimum atomic E-state index is 0.139. The minimum absolute atomic E-state index is 0.139. The second-order valence-electron chi connectivity index (χ2n) is 8.75. The first kappa shape index (κ1) is 23.3. The number of hydrogen-bond donors (Lipinski definition) is 3. The van der Waals surface area contributed by atoms with E-state index >= 15 is 0 Å². The van der Waals surface area contributed by atoms with E-state index in [-0.39, 0.29) is 11.8 Å². The first-order valence-electron chi connectivity index (χ1n) is 11.9. The summed E-state index contributed by atoms with van der Waals surface area (Å²) in [4.78, 5) is 19.0. The molecule has 1 aliphatic carbocycles. The summed E-state index contributed by atoms with van der Waals surface area (Å²) in [7, 11) is 1.78. The Kier molecular flexibility index (Phi) is 8.33. The minimum Gasteiger partial charge on any atom is -0.379 e. The zero-order valence-corrected chi connectivity index (χ0v) is 19.5. The molecule has 0 unspecified atom stereocenters. The van der Waals surface area contributed by atoms with Gasteiger partial charge in [-0.15, -0.1) is 0 Å². The molecule has 2 aromatic rings. The van der Waals surface area contributed by atoms with Crippen LogP contribution in [0.3, 0.4) is 0 Å². The van der Waals surface area contributed by atoms with Gasteiger partial charge in [-0.05, 0) is 41.7 Å². The number of rotatable bonds is 8. The Morgan fingerprint density at radius 1 is 1.03 bits per heavy atom. The zero-order valence-electron chi connectivity index (χ0n) is 19.5. The van der Waals surface area contributed by atoms with Crippen LogP contribution in [0.15, 0.2) is 53.5 Å². The Hall–Kier alpha value is -2.90. The van der Waals surface area contributed by atoms with Gasteiger partial charge in [0.05, 0.1) is 13.2 Å². The van der Waals surface area contributed by atoms with E-state index in [1.165, 1.54) is 11.1 Å². The molecule has 0 aromatic heterocycles. The van der Waals surface area contributed by atoms with Crippen molar-refractivity contribution in [2.75, 3.05) is 38.7 Å². The number of aliphatic imine (C=N–C) groups is 1. The molecule has 7 nitrogen and oxygen atoms in total. The average Bonchev–Trinajstić information content (AvgIpc) is 2.80. The molecule has 7 heteroatoms. The summed E-state index contributed by atoms with van der Waals surface area (Å²) in [6.07, 6.45) is 3.17. The molecule has 3 N–H and O–H groups in total. The highest BCUT2D eigenvalue weighted by atomic mass is 16.5. The first-order valence-corrected chi connectivity index (χ1v) is 11.9. The lowest BCUT2D eigenvalue weighted by atomic mass is 9.85. The van der Waals surface area contributed by atoms with Gasteiger partial charge in [-0.1, -0.05) is 42.8 Å². The van der Waals surface area contributed by atoms with Crippen LogP contribution in [-0.2, 0) is 29.2 Å². The molecule has 2 fully saturated rings. The lowest BCUT2D eigenvalue weighted by Crippen LogP contribution is -2.37. The van der Waals surface area contributed by atoms with Crippen LogP contribution in [0.5, 0.6) is 0 Å². The molecule has 0 spiro atoms. The predicted octanol–water partition coefficient (Wildman–Crippen LogP) is 3.12. The van der Waals surface area contributed by atoms with Gasteiger partial charge in [0.1, 0.15) is 0 Å². The third-order valence-electron chi connectivity index (χ3n) is 6.42. The fraction of sp³-hybridized carbons (Fsp3) is 0.462. The van der Waals surface area contributed by atoms with Gasteiger partial charge >= 0.3 is 0 Å². The summed E-state index contributed by atoms with van der Waals surface area (Å²) in [5.74, 6) is 1.07. The lowest BCUT2D eigenvalue weighted by molar-refractivity contribution is -0.122. The Morgan fingerprint density at radius 3 is 2.52 bits per heavy atom. The van der Waals surface area contributed by atoms with E-state index < -0.39 is 0 Å². The van der Waals surface area contributed by atoms with Gasteiger partial charge in [0.15, 0.2) is 5.96 Å². The van der Waals surface area contributed by atoms with Gasteiger partial charge in [-0.3, -0.25) is 14.7 Å². The standard InChI is InChI=1S/C26H35N5O2/c1-27-26(28-17-20-6-4-11-24(16-20)30-25(32)21-9-5-10-21)29-18-22-7-2-3-8-23(22)19-31-12-14-33-15-13-31/h2-4,6-8,11,16,21H,5,9-10,12-15,17-19H2,1H3,(H,30,32)(H2,27,28,29). The Morgan fingerprint density at radius 2 is 1.79 bits per heavy atom. The molecular formula is C26H35N5O2. The van der Waals surface area contributed by atoms with E-state index in [0.717, 1.165) is 69.3 Å². The molecule has 2 aliphatic rings. The molecule has 176 valence electrons. The molecule has 1 heterocycles. The number of anilines is 1. The Balaban J connectivity index is 1.28. The molecule has 4 rings (SSSR count). The molecule has 0 radical (unpaired) electrons. The van der Waals surface area contributed by atoms with Gasteiger partial charge in [0, 0.05) is 51.4 Å². The smallest absolute Gasteiger partial charge is 0.227 e.